The molecule has 31 heavy (non-hydrogen) atoms. The van der Waals surface area contributed by atoms with E-state index in [4.69, 9.17) is 15.9 Å². The van der Waals surface area contributed by atoms with Gasteiger partial charge in [-0.3, -0.25) is 9.48 Å². The Labute approximate surface area is 186 Å². The Morgan fingerprint density at radius 2 is 2.19 bits per heavy atom. The minimum absolute atomic E-state index is 0.00965. The van der Waals surface area contributed by atoms with Gasteiger partial charge in [0, 0.05) is 40.2 Å². The summed E-state index contributed by atoms with van der Waals surface area (Å²) in [6.07, 6.45) is 7.61. The van der Waals surface area contributed by atoms with Crippen molar-refractivity contribution in [3.05, 3.63) is 52.7 Å². The van der Waals surface area contributed by atoms with Gasteiger partial charge in [-0.1, -0.05) is 0 Å². The second-order valence-corrected chi connectivity index (χ2v) is 8.76. The molecule has 0 unspecified atom stereocenters. The van der Waals surface area contributed by atoms with E-state index in [1.807, 2.05) is 24.0 Å². The van der Waals surface area contributed by atoms with Crippen molar-refractivity contribution in [1.82, 2.24) is 14.7 Å². The molecule has 3 aromatic rings. The van der Waals surface area contributed by atoms with Crippen LogP contribution in [0.25, 0.3) is 10.4 Å². The second-order valence-electron chi connectivity index (χ2n) is 7.47. The van der Waals surface area contributed by atoms with Gasteiger partial charge < -0.3 is 14.4 Å². The predicted molar refractivity (Wildman–Crippen MR) is 121 cm³/mol. The zero-order chi connectivity index (χ0) is 21.8. The molecule has 0 spiro atoms. The molecule has 160 valence electrons. The van der Waals surface area contributed by atoms with Crippen LogP contribution < -0.4 is 9.47 Å². The summed E-state index contributed by atoms with van der Waals surface area (Å²) in [5, 5.41) is 4.23. The molecule has 6 nitrogen and oxygen atoms in total. The maximum atomic E-state index is 13.0. The third kappa shape index (κ3) is 4.75. The number of carbonyl (C=O) groups is 1. The number of thiophene rings is 1. The molecule has 0 radical (unpaired) electrons. The molecule has 0 aliphatic carbocycles. The van der Waals surface area contributed by atoms with E-state index in [1.54, 1.807) is 22.2 Å². The molecule has 4 rings (SSSR count). The van der Waals surface area contributed by atoms with Gasteiger partial charge in [-0.05, 0) is 49.7 Å². The lowest BCUT2D eigenvalue weighted by Crippen LogP contribution is -2.35. The van der Waals surface area contributed by atoms with Crippen molar-refractivity contribution in [3.63, 3.8) is 0 Å². The number of fused-ring (bicyclic) bond motifs is 1. The average molecular weight is 436 g/mol. The Kier molecular flexibility index (Phi) is 6.28. The molecule has 0 fully saturated rings. The summed E-state index contributed by atoms with van der Waals surface area (Å²) in [6, 6.07) is 10.2. The van der Waals surface area contributed by atoms with Gasteiger partial charge >= 0.3 is 0 Å². The van der Waals surface area contributed by atoms with Gasteiger partial charge in [0.15, 0.2) is 11.5 Å². The first-order valence-electron chi connectivity index (χ1n) is 10.2. The standard InChI is InChI=1S/C24H25N3O3S/c1-4-5-11-29-21-14-19(22-7-6-18(3)31-22)13-20-15-26(10-12-30-24(20)21)23(28)16-27-17(2)8-9-25-27/h1,6-9,13-14H,5,10-12,15-16H2,2-3H3. The molecular formula is C24H25N3O3S. The molecule has 0 atom stereocenters. The Hall–Kier alpha value is -3.24. The maximum absolute atomic E-state index is 13.0. The third-order valence-electron chi connectivity index (χ3n) is 5.20. The van der Waals surface area contributed by atoms with E-state index in [9.17, 15) is 4.79 Å². The molecule has 0 saturated heterocycles. The van der Waals surface area contributed by atoms with Gasteiger partial charge in [-0.25, -0.2) is 0 Å². The van der Waals surface area contributed by atoms with Crippen LogP contribution >= 0.6 is 11.3 Å². The Balaban J connectivity index is 1.64. The van der Waals surface area contributed by atoms with Crippen LogP contribution in [0.2, 0.25) is 0 Å². The van der Waals surface area contributed by atoms with Crippen LogP contribution in [0, 0.1) is 26.2 Å². The zero-order valence-electron chi connectivity index (χ0n) is 17.8. The molecule has 1 aromatic carbocycles. The Morgan fingerprint density at radius 1 is 1.32 bits per heavy atom. The Morgan fingerprint density at radius 3 is 2.90 bits per heavy atom. The lowest BCUT2D eigenvalue weighted by atomic mass is 10.1. The first-order chi connectivity index (χ1) is 15.0. The van der Waals surface area contributed by atoms with Crippen molar-refractivity contribution < 1.29 is 14.3 Å². The minimum atomic E-state index is 0.00965. The number of ether oxygens (including phenoxy) is 2. The molecule has 7 heteroatoms. The minimum Gasteiger partial charge on any atom is -0.489 e. The first-order valence-corrected chi connectivity index (χ1v) is 11.1. The average Bonchev–Trinajstić information content (AvgIpc) is 3.29. The number of aryl methyl sites for hydroxylation is 2. The van der Waals surface area contributed by atoms with Crippen molar-refractivity contribution in [3.8, 4) is 34.3 Å². The van der Waals surface area contributed by atoms with Crippen molar-refractivity contribution in [2.75, 3.05) is 19.8 Å². The van der Waals surface area contributed by atoms with Crippen LogP contribution in [-0.2, 0) is 17.9 Å². The highest BCUT2D eigenvalue weighted by Gasteiger charge is 2.24. The molecule has 0 bridgehead atoms. The van der Waals surface area contributed by atoms with Gasteiger partial charge in [0.05, 0.1) is 13.2 Å². The summed E-state index contributed by atoms with van der Waals surface area (Å²) in [5.74, 6) is 3.98. The van der Waals surface area contributed by atoms with Crippen LogP contribution in [0.3, 0.4) is 0 Å². The topological polar surface area (TPSA) is 56.6 Å². The van der Waals surface area contributed by atoms with Crippen molar-refractivity contribution in [2.24, 2.45) is 0 Å². The van der Waals surface area contributed by atoms with E-state index in [2.05, 4.69) is 36.1 Å². The molecular weight excluding hydrogens is 410 g/mol. The van der Waals surface area contributed by atoms with Gasteiger partial charge in [0.25, 0.3) is 0 Å². The predicted octanol–water partition coefficient (Wildman–Crippen LogP) is 4.05. The number of hydrogen-bond acceptors (Lipinski definition) is 5. The summed E-state index contributed by atoms with van der Waals surface area (Å²) in [7, 11) is 0. The lowest BCUT2D eigenvalue weighted by molar-refractivity contribution is -0.132. The van der Waals surface area contributed by atoms with E-state index < -0.39 is 0 Å². The van der Waals surface area contributed by atoms with Gasteiger partial charge in [0.2, 0.25) is 5.91 Å². The van der Waals surface area contributed by atoms with Crippen molar-refractivity contribution in [2.45, 2.75) is 33.4 Å². The first kappa shape index (κ1) is 21.0. The smallest absolute Gasteiger partial charge is 0.244 e. The van der Waals surface area contributed by atoms with E-state index in [0.29, 0.717) is 44.2 Å². The number of nitrogens with zero attached hydrogens (tertiary/aromatic N) is 3. The molecule has 0 N–H and O–H groups in total. The number of aromatic nitrogens is 2. The van der Waals surface area contributed by atoms with Gasteiger partial charge in [-0.2, -0.15) is 5.10 Å². The normalized spacial score (nSPS) is 13.1. The van der Waals surface area contributed by atoms with E-state index in [1.165, 1.54) is 4.88 Å². The fraction of sp³-hybridized carbons (Fsp3) is 0.333. The Bertz CT molecular complexity index is 1130. The monoisotopic (exact) mass is 435 g/mol. The van der Waals surface area contributed by atoms with E-state index in [-0.39, 0.29) is 12.5 Å². The summed E-state index contributed by atoms with van der Waals surface area (Å²) < 4.78 is 13.8. The molecule has 1 amide bonds. The number of terminal acetylenes is 1. The molecule has 1 aliphatic rings. The van der Waals surface area contributed by atoms with Crippen LogP contribution in [0.5, 0.6) is 11.5 Å². The molecule has 2 aromatic heterocycles. The molecule has 1 aliphatic heterocycles. The highest BCUT2D eigenvalue weighted by atomic mass is 32.1. The fourth-order valence-electron chi connectivity index (χ4n) is 3.55. The third-order valence-corrected chi connectivity index (χ3v) is 6.25. The largest absolute Gasteiger partial charge is 0.489 e. The summed E-state index contributed by atoms with van der Waals surface area (Å²) in [4.78, 5) is 17.2. The summed E-state index contributed by atoms with van der Waals surface area (Å²) in [6.45, 7) is 6.02. The summed E-state index contributed by atoms with van der Waals surface area (Å²) >= 11 is 1.72. The van der Waals surface area contributed by atoms with Crippen LogP contribution in [0.15, 0.2) is 36.5 Å². The van der Waals surface area contributed by atoms with E-state index >= 15 is 0 Å². The number of amides is 1. The number of rotatable bonds is 6. The van der Waals surface area contributed by atoms with Gasteiger partial charge in [0.1, 0.15) is 13.2 Å². The fourth-order valence-corrected chi connectivity index (χ4v) is 4.40. The quantitative estimate of drug-likeness (QED) is 0.433. The van der Waals surface area contributed by atoms with Crippen molar-refractivity contribution in [1.29, 1.82) is 0 Å². The zero-order valence-corrected chi connectivity index (χ0v) is 18.6. The van der Waals surface area contributed by atoms with Crippen LogP contribution in [0.4, 0.5) is 0 Å². The van der Waals surface area contributed by atoms with Crippen LogP contribution in [-0.4, -0.2) is 40.3 Å². The summed E-state index contributed by atoms with van der Waals surface area (Å²) in [5.41, 5.74) is 2.94. The number of carbonyl (C=O) groups excluding carboxylic acids is 1. The number of benzene rings is 1. The van der Waals surface area contributed by atoms with Crippen molar-refractivity contribution >= 4 is 17.2 Å². The molecule has 3 heterocycles. The maximum Gasteiger partial charge on any atom is 0.244 e. The highest BCUT2D eigenvalue weighted by Crippen LogP contribution is 2.40. The van der Waals surface area contributed by atoms with E-state index in [0.717, 1.165) is 21.7 Å². The second kappa shape index (κ2) is 9.27. The number of hydrogen-bond donors (Lipinski definition) is 0. The lowest BCUT2D eigenvalue weighted by Gasteiger charge is -2.20. The van der Waals surface area contributed by atoms with Gasteiger partial charge in [-0.15, -0.1) is 23.7 Å². The van der Waals surface area contributed by atoms with Crippen LogP contribution in [0.1, 0.15) is 22.6 Å². The SMILES string of the molecule is C#CCCOc1cc(-c2ccc(C)s2)cc2c1OCCN(C(=O)Cn1nccc1C)C2. The highest BCUT2D eigenvalue weighted by molar-refractivity contribution is 7.15. The molecule has 0 saturated carbocycles.